The van der Waals surface area contributed by atoms with Crippen molar-refractivity contribution in [2.24, 2.45) is 5.92 Å². The third-order valence-corrected chi connectivity index (χ3v) is 6.99. The monoisotopic (exact) mass is 436 g/mol. The fourth-order valence-electron chi connectivity index (χ4n) is 3.27. The molecule has 1 fully saturated rings. The number of nitrogens with zero attached hydrogens (tertiary/aromatic N) is 1. The first-order valence-electron chi connectivity index (χ1n) is 9.47. The van der Waals surface area contributed by atoms with Gasteiger partial charge >= 0.3 is 0 Å². The number of hydrogen-bond acceptors (Lipinski definition) is 4. The van der Waals surface area contributed by atoms with E-state index in [-0.39, 0.29) is 16.4 Å². The SMILES string of the molecule is COc1ccc(S(=O)(=O)Nc2ccc(C)c(Cl)c2)cc1C(=O)N1CCC(C)CC1. The van der Waals surface area contributed by atoms with E-state index in [0.29, 0.717) is 35.5 Å². The number of methoxy groups -OCH3 is 1. The van der Waals surface area contributed by atoms with E-state index in [1.165, 1.54) is 25.3 Å². The standard InChI is InChI=1S/C21H25ClN2O4S/c1-14-8-10-24(11-9-14)21(25)18-13-17(6-7-20(18)28-3)29(26,27)23-16-5-4-15(2)19(22)12-16/h4-7,12-14,23H,8-11H2,1-3H3. The predicted molar refractivity (Wildman–Crippen MR) is 114 cm³/mol. The van der Waals surface area contributed by atoms with Gasteiger partial charge < -0.3 is 9.64 Å². The molecule has 6 nitrogen and oxygen atoms in total. The molecule has 2 aromatic carbocycles. The molecule has 0 spiro atoms. The maximum Gasteiger partial charge on any atom is 0.261 e. The van der Waals surface area contributed by atoms with Gasteiger partial charge in [0.05, 0.1) is 23.3 Å². The summed E-state index contributed by atoms with van der Waals surface area (Å²) in [7, 11) is -2.43. The number of likely N-dealkylation sites (tertiary alicyclic amines) is 1. The highest BCUT2D eigenvalue weighted by Gasteiger charge is 2.26. The van der Waals surface area contributed by atoms with Crippen molar-refractivity contribution in [1.82, 2.24) is 4.90 Å². The number of anilines is 1. The van der Waals surface area contributed by atoms with Crippen LogP contribution in [0.5, 0.6) is 5.75 Å². The van der Waals surface area contributed by atoms with Crippen molar-refractivity contribution in [3.8, 4) is 5.75 Å². The zero-order valence-corrected chi connectivity index (χ0v) is 18.3. The molecule has 3 rings (SSSR count). The van der Waals surface area contributed by atoms with E-state index in [1.54, 1.807) is 23.1 Å². The minimum atomic E-state index is -3.90. The molecule has 1 heterocycles. The van der Waals surface area contributed by atoms with E-state index in [0.717, 1.165) is 18.4 Å². The Hall–Kier alpha value is -2.25. The number of ether oxygens (including phenoxy) is 1. The molecule has 2 aromatic rings. The number of carbonyl (C=O) groups is 1. The molecule has 1 saturated heterocycles. The first-order valence-corrected chi connectivity index (χ1v) is 11.3. The van der Waals surface area contributed by atoms with E-state index in [1.807, 2.05) is 6.92 Å². The molecular formula is C21H25ClN2O4S. The Morgan fingerprint density at radius 2 is 1.86 bits per heavy atom. The lowest BCUT2D eigenvalue weighted by atomic mass is 9.98. The Kier molecular flexibility index (Phi) is 6.39. The van der Waals surface area contributed by atoms with Crippen LogP contribution in [0.3, 0.4) is 0 Å². The summed E-state index contributed by atoms with van der Waals surface area (Å²) in [6.07, 6.45) is 1.86. The van der Waals surface area contributed by atoms with E-state index in [2.05, 4.69) is 11.6 Å². The summed E-state index contributed by atoms with van der Waals surface area (Å²) in [6.45, 7) is 5.31. The predicted octanol–water partition coefficient (Wildman–Crippen LogP) is 4.33. The molecule has 0 saturated carbocycles. The fraction of sp³-hybridized carbons (Fsp3) is 0.381. The molecule has 1 N–H and O–H groups in total. The maximum absolute atomic E-state index is 13.0. The molecule has 1 amide bonds. The summed E-state index contributed by atoms with van der Waals surface area (Å²) < 4.78 is 33.6. The van der Waals surface area contributed by atoms with Crippen molar-refractivity contribution >= 4 is 33.2 Å². The lowest BCUT2D eigenvalue weighted by molar-refractivity contribution is 0.0693. The maximum atomic E-state index is 13.0. The second kappa shape index (κ2) is 8.63. The number of amides is 1. The first-order chi connectivity index (χ1) is 13.7. The van der Waals surface area contributed by atoms with Gasteiger partial charge in [-0.3, -0.25) is 9.52 Å². The number of piperidine rings is 1. The van der Waals surface area contributed by atoms with Crippen molar-refractivity contribution in [2.45, 2.75) is 31.6 Å². The number of aryl methyl sites for hydroxylation is 1. The van der Waals surface area contributed by atoms with Gasteiger partial charge in [-0.1, -0.05) is 24.6 Å². The number of sulfonamides is 1. The zero-order chi connectivity index (χ0) is 21.2. The van der Waals surface area contributed by atoms with Crippen molar-refractivity contribution in [3.63, 3.8) is 0 Å². The molecule has 156 valence electrons. The van der Waals surface area contributed by atoms with Crippen LogP contribution in [0.4, 0.5) is 5.69 Å². The first kappa shape index (κ1) is 21.5. The summed E-state index contributed by atoms with van der Waals surface area (Å²) in [4.78, 5) is 14.8. The molecule has 0 bridgehead atoms. The van der Waals surface area contributed by atoms with Gasteiger partial charge in [0.15, 0.2) is 0 Å². The molecule has 8 heteroatoms. The number of nitrogens with one attached hydrogen (secondary N) is 1. The van der Waals surface area contributed by atoms with Crippen LogP contribution in [0, 0.1) is 12.8 Å². The van der Waals surface area contributed by atoms with Gasteiger partial charge in [-0.2, -0.15) is 0 Å². The lowest BCUT2D eigenvalue weighted by Gasteiger charge is -2.30. The fourth-order valence-corrected chi connectivity index (χ4v) is 4.53. The summed E-state index contributed by atoms with van der Waals surface area (Å²) in [5, 5.41) is 0.468. The molecule has 0 aromatic heterocycles. The van der Waals surface area contributed by atoms with Crippen LogP contribution >= 0.6 is 11.6 Å². The Morgan fingerprint density at radius 3 is 2.48 bits per heavy atom. The van der Waals surface area contributed by atoms with Crippen LogP contribution in [0.2, 0.25) is 5.02 Å². The largest absolute Gasteiger partial charge is 0.496 e. The van der Waals surface area contributed by atoms with Crippen molar-refractivity contribution in [3.05, 3.63) is 52.5 Å². The zero-order valence-electron chi connectivity index (χ0n) is 16.7. The third-order valence-electron chi connectivity index (χ3n) is 5.21. The highest BCUT2D eigenvalue weighted by Crippen LogP contribution is 2.28. The van der Waals surface area contributed by atoms with Crippen molar-refractivity contribution in [1.29, 1.82) is 0 Å². The molecule has 1 aliphatic rings. The molecule has 0 atom stereocenters. The molecular weight excluding hydrogens is 412 g/mol. The number of carbonyl (C=O) groups excluding carboxylic acids is 1. The molecule has 0 aliphatic carbocycles. The molecule has 0 unspecified atom stereocenters. The lowest BCUT2D eigenvalue weighted by Crippen LogP contribution is -2.38. The average molecular weight is 437 g/mol. The summed E-state index contributed by atoms with van der Waals surface area (Å²) in [5.74, 6) is 0.716. The second-order valence-corrected chi connectivity index (χ2v) is 9.50. The van der Waals surface area contributed by atoms with E-state index in [9.17, 15) is 13.2 Å². The number of halogens is 1. The topological polar surface area (TPSA) is 75.7 Å². The number of benzene rings is 2. The Labute approximate surface area is 176 Å². The van der Waals surface area contributed by atoms with Crippen LogP contribution in [-0.2, 0) is 10.0 Å². The van der Waals surface area contributed by atoms with Crippen molar-refractivity contribution in [2.75, 3.05) is 24.9 Å². The summed E-state index contributed by atoms with van der Waals surface area (Å²) in [6, 6.07) is 9.24. The molecule has 29 heavy (non-hydrogen) atoms. The van der Waals surface area contributed by atoms with E-state index in [4.69, 9.17) is 16.3 Å². The smallest absolute Gasteiger partial charge is 0.261 e. The Balaban J connectivity index is 1.90. The summed E-state index contributed by atoms with van der Waals surface area (Å²) >= 11 is 6.09. The van der Waals surface area contributed by atoms with Crippen LogP contribution < -0.4 is 9.46 Å². The Bertz CT molecular complexity index is 1020. The van der Waals surface area contributed by atoms with Gasteiger partial charge in [-0.15, -0.1) is 0 Å². The van der Waals surface area contributed by atoms with E-state index >= 15 is 0 Å². The highest BCUT2D eigenvalue weighted by molar-refractivity contribution is 7.92. The average Bonchev–Trinajstić information content (AvgIpc) is 2.70. The quantitative estimate of drug-likeness (QED) is 0.756. The minimum Gasteiger partial charge on any atom is -0.496 e. The van der Waals surface area contributed by atoms with Gasteiger partial charge in [-0.05, 0) is 61.6 Å². The van der Waals surface area contributed by atoms with Crippen LogP contribution in [0.25, 0.3) is 0 Å². The highest BCUT2D eigenvalue weighted by atomic mass is 35.5. The van der Waals surface area contributed by atoms with Crippen LogP contribution in [0.1, 0.15) is 35.7 Å². The van der Waals surface area contributed by atoms with Gasteiger partial charge in [-0.25, -0.2) is 8.42 Å². The van der Waals surface area contributed by atoms with Gasteiger partial charge in [0.25, 0.3) is 15.9 Å². The van der Waals surface area contributed by atoms with Gasteiger partial charge in [0.1, 0.15) is 5.75 Å². The number of rotatable bonds is 5. The third kappa shape index (κ3) is 4.85. The second-order valence-electron chi connectivity index (χ2n) is 7.41. The molecule has 0 radical (unpaired) electrons. The van der Waals surface area contributed by atoms with Crippen molar-refractivity contribution < 1.29 is 17.9 Å². The van der Waals surface area contributed by atoms with Crippen LogP contribution in [0.15, 0.2) is 41.3 Å². The van der Waals surface area contributed by atoms with Gasteiger partial charge in [0, 0.05) is 18.1 Å². The van der Waals surface area contributed by atoms with Gasteiger partial charge in [0.2, 0.25) is 0 Å². The number of hydrogen-bond donors (Lipinski definition) is 1. The summed E-state index contributed by atoms with van der Waals surface area (Å²) in [5.41, 5.74) is 1.45. The minimum absolute atomic E-state index is 0.0104. The van der Waals surface area contributed by atoms with E-state index < -0.39 is 10.0 Å². The molecule has 1 aliphatic heterocycles. The Morgan fingerprint density at radius 1 is 1.17 bits per heavy atom. The normalized spacial score (nSPS) is 15.2. The van der Waals surface area contributed by atoms with Crippen LogP contribution in [-0.4, -0.2) is 39.4 Å².